The van der Waals surface area contributed by atoms with Gasteiger partial charge in [0.05, 0.1) is 22.3 Å². The first-order chi connectivity index (χ1) is 22.4. The zero-order chi connectivity index (χ0) is 33.1. The molecule has 2 aliphatic rings. The van der Waals surface area contributed by atoms with Crippen LogP contribution in [-0.2, 0) is 0 Å². The Balaban J connectivity index is 1.86. The van der Waals surface area contributed by atoms with Crippen LogP contribution in [0.15, 0.2) is 12.1 Å². The molecule has 0 spiro atoms. The van der Waals surface area contributed by atoms with Gasteiger partial charge in [-0.15, -0.1) is 0 Å². The maximum Gasteiger partial charge on any atom is 0.263 e. The van der Waals surface area contributed by atoms with Gasteiger partial charge in [0, 0.05) is 74.8 Å². The lowest BCUT2D eigenvalue weighted by atomic mass is 9.83. The highest BCUT2D eigenvalue weighted by Gasteiger charge is 2.42. The van der Waals surface area contributed by atoms with Gasteiger partial charge in [-0.2, -0.15) is 0 Å². The molecular weight excluding hydrogens is 592 g/mol. The van der Waals surface area contributed by atoms with Gasteiger partial charge in [-0.1, -0.05) is 0 Å². The lowest BCUT2D eigenvalue weighted by Crippen LogP contribution is -2.44. The normalized spacial score (nSPS) is 14.2. The lowest BCUT2D eigenvalue weighted by molar-refractivity contribution is 0.0586. The highest BCUT2D eigenvalue weighted by atomic mass is 16.3. The minimum absolute atomic E-state index is 0.0216. The maximum absolute atomic E-state index is 14.1. The van der Waals surface area contributed by atoms with Crippen molar-refractivity contribution in [2.75, 3.05) is 63.2 Å². The van der Waals surface area contributed by atoms with Gasteiger partial charge < -0.3 is 31.1 Å². The van der Waals surface area contributed by atoms with Gasteiger partial charge in [-0.3, -0.25) is 29.0 Å². The smallest absolute Gasteiger partial charge is 0.263 e. The van der Waals surface area contributed by atoms with Crippen LogP contribution in [0.4, 0.5) is 11.4 Å². The Hall–Kier alpha value is -3.58. The zero-order valence-corrected chi connectivity index (χ0v) is 26.6. The summed E-state index contributed by atoms with van der Waals surface area (Å²) in [7, 11) is 0. The summed E-state index contributed by atoms with van der Waals surface area (Å²) in [4.78, 5) is 58.6. The minimum Gasteiger partial charge on any atom is -0.396 e. The van der Waals surface area contributed by atoms with Gasteiger partial charge in [0.1, 0.15) is 0 Å². The summed E-state index contributed by atoms with van der Waals surface area (Å²) in [6, 6.07) is 3.27. The van der Waals surface area contributed by atoms with E-state index in [1.165, 1.54) is 9.80 Å². The first-order valence-electron chi connectivity index (χ1n) is 16.7. The number of rotatable bonds is 22. The first-order valence-corrected chi connectivity index (χ1v) is 16.7. The van der Waals surface area contributed by atoms with E-state index in [4.69, 9.17) is 0 Å². The van der Waals surface area contributed by atoms with Crippen molar-refractivity contribution in [1.29, 1.82) is 0 Å². The van der Waals surface area contributed by atoms with Crippen LogP contribution in [0.5, 0.6) is 0 Å². The molecule has 4 amide bonds. The fraction of sp³-hybridized carbons (Fsp3) is 0.588. The van der Waals surface area contributed by atoms with Gasteiger partial charge >= 0.3 is 0 Å². The molecule has 0 unspecified atom stereocenters. The van der Waals surface area contributed by atoms with Crippen LogP contribution in [0, 0.1) is 0 Å². The van der Waals surface area contributed by atoms with E-state index in [-0.39, 0.29) is 61.8 Å². The van der Waals surface area contributed by atoms with E-state index in [1.807, 2.05) is 0 Å². The number of hydrogen-bond donors (Lipinski definition) is 6. The summed E-state index contributed by atoms with van der Waals surface area (Å²) in [6.45, 7) is 1.49. The molecule has 2 heterocycles. The van der Waals surface area contributed by atoms with Crippen molar-refractivity contribution in [1.82, 2.24) is 9.80 Å². The molecule has 0 saturated heterocycles. The Morgan fingerprint density at radius 3 is 1.15 bits per heavy atom. The minimum atomic E-state index is -0.493. The lowest BCUT2D eigenvalue weighted by Gasteiger charge is -2.34. The van der Waals surface area contributed by atoms with Crippen molar-refractivity contribution in [3.05, 3.63) is 34.4 Å². The van der Waals surface area contributed by atoms with Gasteiger partial charge in [0.25, 0.3) is 23.6 Å². The SMILES string of the molecule is O=C1c2cc(NCCCCCO)c3c4c(cc(NCCCCCO)c(c24)C(=O)N1CCCCCO)C(=O)N(CCCCCO)C3=O. The van der Waals surface area contributed by atoms with Crippen molar-refractivity contribution in [3.8, 4) is 0 Å². The number of nitrogens with zero attached hydrogens (tertiary/aromatic N) is 2. The molecule has 4 rings (SSSR count). The van der Waals surface area contributed by atoms with Crippen molar-refractivity contribution in [2.24, 2.45) is 0 Å². The third-order valence-electron chi connectivity index (χ3n) is 8.65. The molecule has 0 radical (unpaired) electrons. The molecular formula is C34H48N4O8. The third-order valence-corrected chi connectivity index (χ3v) is 8.65. The van der Waals surface area contributed by atoms with Crippen molar-refractivity contribution in [2.45, 2.75) is 77.0 Å². The quantitative estimate of drug-likeness (QED) is 0.0824. The highest BCUT2D eigenvalue weighted by molar-refractivity contribution is 6.36. The van der Waals surface area contributed by atoms with Crippen molar-refractivity contribution >= 4 is 45.8 Å². The van der Waals surface area contributed by atoms with Gasteiger partial charge in [-0.25, -0.2) is 0 Å². The van der Waals surface area contributed by atoms with Gasteiger partial charge in [-0.05, 0) is 89.2 Å². The molecule has 0 bridgehead atoms. The molecule has 12 heteroatoms. The van der Waals surface area contributed by atoms with Crippen LogP contribution >= 0.6 is 0 Å². The standard InChI is InChI=1S/C34H48N4O8/c39-17-9-1-5-13-35-25-21-23-28-27-24(32(44)37(33(45)29(25)27)15-7-3-11-19-41)22-26(36-14-6-2-10-18-40)30(28)34(46)38(31(23)43)16-8-4-12-20-42/h21-22,35-36,39-42H,1-20H2. The molecule has 0 atom stereocenters. The number of hydrogen-bond acceptors (Lipinski definition) is 10. The van der Waals surface area contributed by atoms with E-state index in [9.17, 15) is 39.6 Å². The van der Waals surface area contributed by atoms with Crippen LogP contribution < -0.4 is 10.6 Å². The average Bonchev–Trinajstić information content (AvgIpc) is 3.05. The molecule has 2 aromatic carbocycles. The number of unbranched alkanes of at least 4 members (excludes halogenated alkanes) is 8. The molecule has 12 nitrogen and oxygen atoms in total. The zero-order valence-electron chi connectivity index (χ0n) is 26.6. The molecule has 0 saturated carbocycles. The number of imide groups is 2. The van der Waals surface area contributed by atoms with E-state index in [0.717, 1.165) is 12.8 Å². The Labute approximate surface area is 269 Å². The Bertz CT molecular complexity index is 1310. The molecule has 2 aromatic rings. The van der Waals surface area contributed by atoms with Crippen LogP contribution in [0.3, 0.4) is 0 Å². The highest BCUT2D eigenvalue weighted by Crippen LogP contribution is 2.44. The first kappa shape index (κ1) is 35.3. The fourth-order valence-electron chi connectivity index (χ4n) is 6.24. The summed E-state index contributed by atoms with van der Waals surface area (Å²) < 4.78 is 0. The van der Waals surface area contributed by atoms with E-state index in [1.54, 1.807) is 12.1 Å². The van der Waals surface area contributed by atoms with Gasteiger partial charge in [0.15, 0.2) is 0 Å². The monoisotopic (exact) mass is 640 g/mol. The summed E-state index contributed by atoms with van der Waals surface area (Å²) in [6.07, 6.45) is 7.68. The number of carbonyl (C=O) groups is 4. The Kier molecular flexibility index (Phi) is 13.3. The van der Waals surface area contributed by atoms with Crippen LogP contribution in [0.1, 0.15) is 118 Å². The van der Waals surface area contributed by atoms with Crippen molar-refractivity contribution in [3.63, 3.8) is 0 Å². The van der Waals surface area contributed by atoms with Crippen molar-refractivity contribution < 1.29 is 39.6 Å². The van der Waals surface area contributed by atoms with Crippen LogP contribution in [0.25, 0.3) is 10.8 Å². The predicted octanol–water partition coefficient (Wildman–Crippen LogP) is 3.51. The summed E-state index contributed by atoms with van der Waals surface area (Å²) >= 11 is 0. The second kappa shape index (κ2) is 17.4. The summed E-state index contributed by atoms with van der Waals surface area (Å²) in [5, 5.41) is 44.0. The van der Waals surface area contributed by atoms with E-state index in [2.05, 4.69) is 10.6 Å². The molecule has 6 N–H and O–H groups in total. The summed E-state index contributed by atoms with van der Waals surface area (Å²) in [5.41, 5.74) is 1.84. The Morgan fingerprint density at radius 2 is 0.804 bits per heavy atom. The molecule has 252 valence electrons. The largest absolute Gasteiger partial charge is 0.396 e. The number of aliphatic hydroxyl groups is 4. The molecule has 2 aliphatic heterocycles. The number of carbonyl (C=O) groups excluding carboxylic acids is 4. The maximum atomic E-state index is 14.1. The topological polar surface area (TPSA) is 180 Å². The number of anilines is 2. The molecule has 0 fully saturated rings. The van der Waals surface area contributed by atoms with E-state index >= 15 is 0 Å². The van der Waals surface area contributed by atoms with E-state index < -0.39 is 23.6 Å². The summed E-state index contributed by atoms with van der Waals surface area (Å²) in [5.74, 6) is -1.97. The Morgan fingerprint density at radius 1 is 0.457 bits per heavy atom. The fourth-order valence-corrected chi connectivity index (χ4v) is 6.24. The average molecular weight is 641 g/mol. The predicted molar refractivity (Wildman–Crippen MR) is 175 cm³/mol. The number of nitrogens with one attached hydrogen (secondary N) is 2. The number of amides is 4. The second-order valence-electron chi connectivity index (χ2n) is 12.0. The number of aliphatic hydroxyl groups excluding tert-OH is 4. The van der Waals surface area contributed by atoms with E-state index in [0.29, 0.717) is 99.4 Å². The van der Waals surface area contributed by atoms with Gasteiger partial charge in [0.2, 0.25) is 0 Å². The second-order valence-corrected chi connectivity index (χ2v) is 12.0. The van der Waals surface area contributed by atoms with Crippen LogP contribution in [-0.4, -0.2) is 106 Å². The third kappa shape index (κ3) is 7.68. The van der Waals surface area contributed by atoms with Crippen LogP contribution in [0.2, 0.25) is 0 Å². The molecule has 0 aliphatic carbocycles. The molecule has 46 heavy (non-hydrogen) atoms. The number of benzene rings is 2. The molecule has 0 aromatic heterocycles.